The number of carbonyl (C=O) groups is 1. The van der Waals surface area contributed by atoms with Crippen LogP contribution in [0.15, 0.2) is 12.4 Å². The van der Waals surface area contributed by atoms with Gasteiger partial charge in [-0.15, -0.1) is 0 Å². The van der Waals surface area contributed by atoms with Crippen LogP contribution in [0.3, 0.4) is 0 Å². The Morgan fingerprint density at radius 3 is 3.00 bits per heavy atom. The third-order valence-corrected chi connectivity index (χ3v) is 3.56. The molecular weight excluding hydrogens is 218 g/mol. The standard InChI is InChI=1S/C12H19N3O2/c1-9(11-6-13-14(2)7-11)15-5-3-4-10(8-15)12(16)17/h6-7,9-10H,3-5,8H2,1-2H3,(H,16,17). The Bertz CT molecular complexity index is 402. The smallest absolute Gasteiger partial charge is 0.307 e. The molecule has 1 aliphatic heterocycles. The lowest BCUT2D eigenvalue weighted by molar-refractivity contribution is -0.143. The number of aromatic nitrogens is 2. The summed E-state index contributed by atoms with van der Waals surface area (Å²) in [4.78, 5) is 13.3. The number of aliphatic carboxylic acids is 1. The summed E-state index contributed by atoms with van der Waals surface area (Å²) < 4.78 is 1.78. The van der Waals surface area contributed by atoms with Crippen molar-refractivity contribution in [1.82, 2.24) is 14.7 Å². The molecular formula is C12H19N3O2. The molecule has 5 heteroatoms. The Hall–Kier alpha value is -1.36. The van der Waals surface area contributed by atoms with Crippen molar-refractivity contribution in [2.24, 2.45) is 13.0 Å². The lowest BCUT2D eigenvalue weighted by Crippen LogP contribution is -2.39. The van der Waals surface area contributed by atoms with Gasteiger partial charge in [-0.1, -0.05) is 0 Å². The molecule has 5 nitrogen and oxygen atoms in total. The largest absolute Gasteiger partial charge is 0.481 e. The van der Waals surface area contributed by atoms with E-state index in [9.17, 15) is 4.79 Å². The van der Waals surface area contributed by atoms with E-state index < -0.39 is 5.97 Å². The molecule has 17 heavy (non-hydrogen) atoms. The van der Waals surface area contributed by atoms with E-state index in [4.69, 9.17) is 5.11 Å². The van der Waals surface area contributed by atoms with Gasteiger partial charge < -0.3 is 5.11 Å². The topological polar surface area (TPSA) is 58.4 Å². The van der Waals surface area contributed by atoms with Gasteiger partial charge in [-0.3, -0.25) is 14.4 Å². The summed E-state index contributed by atoms with van der Waals surface area (Å²) in [6.07, 6.45) is 5.61. The first-order chi connectivity index (χ1) is 8.08. The predicted molar refractivity (Wildman–Crippen MR) is 63.6 cm³/mol. The van der Waals surface area contributed by atoms with Gasteiger partial charge in [-0.05, 0) is 26.3 Å². The number of aryl methyl sites for hydroxylation is 1. The fourth-order valence-corrected chi connectivity index (χ4v) is 2.43. The van der Waals surface area contributed by atoms with Crippen molar-refractivity contribution >= 4 is 5.97 Å². The summed E-state index contributed by atoms with van der Waals surface area (Å²) in [5.41, 5.74) is 1.15. The van der Waals surface area contributed by atoms with Crippen molar-refractivity contribution in [2.45, 2.75) is 25.8 Å². The quantitative estimate of drug-likeness (QED) is 0.860. The van der Waals surface area contributed by atoms with Crippen LogP contribution in [0.2, 0.25) is 0 Å². The molecule has 1 saturated heterocycles. The molecule has 0 bridgehead atoms. The van der Waals surface area contributed by atoms with Gasteiger partial charge >= 0.3 is 5.97 Å². The van der Waals surface area contributed by atoms with E-state index >= 15 is 0 Å². The number of hydrogen-bond acceptors (Lipinski definition) is 3. The van der Waals surface area contributed by atoms with Gasteiger partial charge in [-0.25, -0.2) is 0 Å². The third-order valence-electron chi connectivity index (χ3n) is 3.56. The second-order valence-electron chi connectivity index (χ2n) is 4.80. The molecule has 1 aromatic heterocycles. The maximum atomic E-state index is 11.0. The number of piperidine rings is 1. The number of carboxylic acid groups (broad SMARTS) is 1. The van der Waals surface area contributed by atoms with E-state index in [1.54, 1.807) is 4.68 Å². The number of nitrogens with zero attached hydrogens (tertiary/aromatic N) is 3. The highest BCUT2D eigenvalue weighted by molar-refractivity contribution is 5.70. The molecule has 2 heterocycles. The van der Waals surface area contributed by atoms with Crippen LogP contribution in [0.25, 0.3) is 0 Å². The minimum atomic E-state index is -0.673. The average Bonchev–Trinajstić information content (AvgIpc) is 2.75. The molecule has 1 aromatic rings. The summed E-state index contributed by atoms with van der Waals surface area (Å²) >= 11 is 0. The first-order valence-electron chi connectivity index (χ1n) is 6.03. The number of carboxylic acids is 1. The van der Waals surface area contributed by atoms with Gasteiger partial charge in [0, 0.05) is 31.4 Å². The maximum absolute atomic E-state index is 11.0. The van der Waals surface area contributed by atoms with E-state index in [-0.39, 0.29) is 12.0 Å². The molecule has 0 aromatic carbocycles. The number of rotatable bonds is 3. The Morgan fingerprint density at radius 2 is 2.41 bits per heavy atom. The van der Waals surface area contributed by atoms with Crippen molar-refractivity contribution in [3.63, 3.8) is 0 Å². The highest BCUT2D eigenvalue weighted by atomic mass is 16.4. The van der Waals surface area contributed by atoms with E-state index in [0.29, 0.717) is 6.54 Å². The first kappa shape index (κ1) is 12.1. The number of likely N-dealkylation sites (tertiary alicyclic amines) is 1. The fourth-order valence-electron chi connectivity index (χ4n) is 2.43. The van der Waals surface area contributed by atoms with Crippen LogP contribution in [0, 0.1) is 5.92 Å². The first-order valence-corrected chi connectivity index (χ1v) is 6.03. The molecule has 0 aliphatic carbocycles. The summed E-state index contributed by atoms with van der Waals surface area (Å²) in [5, 5.41) is 13.2. The van der Waals surface area contributed by atoms with Crippen LogP contribution in [-0.2, 0) is 11.8 Å². The van der Waals surface area contributed by atoms with E-state index in [1.807, 2.05) is 19.4 Å². The SMILES string of the molecule is CC(c1cnn(C)c1)N1CCCC(C(=O)O)C1. The zero-order valence-electron chi connectivity index (χ0n) is 10.3. The molecule has 1 fully saturated rings. The lowest BCUT2D eigenvalue weighted by atomic mass is 9.96. The molecule has 0 amide bonds. The summed E-state index contributed by atoms with van der Waals surface area (Å²) in [7, 11) is 1.90. The molecule has 2 unspecified atom stereocenters. The summed E-state index contributed by atoms with van der Waals surface area (Å²) in [6, 6.07) is 0.242. The van der Waals surface area contributed by atoms with E-state index in [0.717, 1.165) is 24.9 Å². The van der Waals surface area contributed by atoms with Gasteiger partial charge in [0.05, 0.1) is 12.1 Å². The zero-order valence-corrected chi connectivity index (χ0v) is 10.3. The highest BCUT2D eigenvalue weighted by Gasteiger charge is 2.28. The van der Waals surface area contributed by atoms with E-state index in [1.165, 1.54) is 0 Å². The highest BCUT2D eigenvalue weighted by Crippen LogP contribution is 2.26. The molecule has 2 atom stereocenters. The molecule has 2 rings (SSSR count). The average molecular weight is 237 g/mol. The second kappa shape index (κ2) is 4.87. The van der Waals surface area contributed by atoms with Crippen molar-refractivity contribution in [3.05, 3.63) is 18.0 Å². The van der Waals surface area contributed by atoms with E-state index in [2.05, 4.69) is 16.9 Å². The van der Waals surface area contributed by atoms with Gasteiger partial charge in [-0.2, -0.15) is 5.10 Å². The second-order valence-corrected chi connectivity index (χ2v) is 4.80. The number of hydrogen-bond donors (Lipinski definition) is 1. The van der Waals surface area contributed by atoms with Gasteiger partial charge in [0.25, 0.3) is 0 Å². The van der Waals surface area contributed by atoms with Gasteiger partial charge in [0.1, 0.15) is 0 Å². The lowest BCUT2D eigenvalue weighted by Gasteiger charge is -2.34. The minimum Gasteiger partial charge on any atom is -0.481 e. The summed E-state index contributed by atoms with van der Waals surface area (Å²) in [5.74, 6) is -0.893. The molecule has 0 radical (unpaired) electrons. The zero-order chi connectivity index (χ0) is 12.4. The van der Waals surface area contributed by atoms with Crippen LogP contribution in [0.4, 0.5) is 0 Å². The molecule has 1 N–H and O–H groups in total. The third kappa shape index (κ3) is 2.66. The molecule has 0 saturated carbocycles. The van der Waals surface area contributed by atoms with Crippen LogP contribution in [0.5, 0.6) is 0 Å². The van der Waals surface area contributed by atoms with Crippen molar-refractivity contribution < 1.29 is 9.90 Å². The van der Waals surface area contributed by atoms with Crippen LogP contribution in [-0.4, -0.2) is 38.8 Å². The maximum Gasteiger partial charge on any atom is 0.307 e. The van der Waals surface area contributed by atoms with Crippen molar-refractivity contribution in [2.75, 3.05) is 13.1 Å². The summed E-state index contributed by atoms with van der Waals surface area (Å²) in [6.45, 7) is 3.73. The van der Waals surface area contributed by atoms with Crippen LogP contribution < -0.4 is 0 Å². The Morgan fingerprint density at radius 1 is 1.65 bits per heavy atom. The Balaban J connectivity index is 2.04. The van der Waals surface area contributed by atoms with Crippen LogP contribution in [0.1, 0.15) is 31.4 Å². The monoisotopic (exact) mass is 237 g/mol. The Labute approximate surface area is 101 Å². The Kier molecular flexibility index (Phi) is 3.47. The molecule has 1 aliphatic rings. The van der Waals surface area contributed by atoms with Crippen LogP contribution >= 0.6 is 0 Å². The minimum absolute atomic E-state index is 0.220. The molecule has 0 spiro atoms. The fraction of sp³-hybridized carbons (Fsp3) is 0.667. The predicted octanol–water partition coefficient (Wildman–Crippen LogP) is 1.28. The normalized spacial score (nSPS) is 23.5. The van der Waals surface area contributed by atoms with Gasteiger partial charge in [0.2, 0.25) is 0 Å². The van der Waals surface area contributed by atoms with Crippen molar-refractivity contribution in [1.29, 1.82) is 0 Å². The molecule has 94 valence electrons. The van der Waals surface area contributed by atoms with Gasteiger partial charge in [0.15, 0.2) is 0 Å². The van der Waals surface area contributed by atoms with Crippen molar-refractivity contribution in [3.8, 4) is 0 Å².